The van der Waals surface area contributed by atoms with Gasteiger partial charge in [0.1, 0.15) is 0 Å². The average Bonchev–Trinajstić information content (AvgIpc) is 2.13. The Bertz CT molecular complexity index is 249. The van der Waals surface area contributed by atoms with E-state index in [-0.39, 0.29) is 5.41 Å². The summed E-state index contributed by atoms with van der Waals surface area (Å²) in [7, 11) is 0. The monoisotopic (exact) mass is 195 g/mol. The third-order valence-corrected chi connectivity index (χ3v) is 2.20. The Kier molecular flexibility index (Phi) is 5.21. The average molecular weight is 195 g/mol. The first kappa shape index (κ1) is 12.9. The molecule has 0 aliphatic carbocycles. The zero-order chi connectivity index (χ0) is 11.2. The maximum absolute atomic E-state index is 8.58. The molecule has 0 aliphatic heterocycles. The fourth-order valence-electron chi connectivity index (χ4n) is 1.32. The van der Waals surface area contributed by atoms with Gasteiger partial charge in [0, 0.05) is 0 Å². The van der Waals surface area contributed by atoms with Gasteiger partial charge in [0.25, 0.3) is 0 Å². The van der Waals surface area contributed by atoms with Crippen LogP contribution in [0.15, 0.2) is 29.5 Å². The van der Waals surface area contributed by atoms with E-state index in [1.165, 1.54) is 5.57 Å². The van der Waals surface area contributed by atoms with Crippen LogP contribution in [0.5, 0.6) is 0 Å². The zero-order valence-electron chi connectivity index (χ0n) is 9.67. The van der Waals surface area contributed by atoms with Crippen molar-refractivity contribution in [2.24, 2.45) is 10.6 Å². The SMILES string of the molecule is C=CC(C)=CCC(C)(C)CC(C)=NO. The van der Waals surface area contributed by atoms with Crippen molar-refractivity contribution in [1.29, 1.82) is 0 Å². The van der Waals surface area contributed by atoms with Crippen LogP contribution < -0.4 is 0 Å². The summed E-state index contributed by atoms with van der Waals surface area (Å²) in [6.07, 6.45) is 5.79. The summed E-state index contributed by atoms with van der Waals surface area (Å²) in [5, 5.41) is 11.8. The van der Waals surface area contributed by atoms with Crippen molar-refractivity contribution < 1.29 is 5.21 Å². The number of allylic oxidation sites excluding steroid dienone is 3. The molecule has 0 spiro atoms. The van der Waals surface area contributed by atoms with E-state index in [0.29, 0.717) is 0 Å². The van der Waals surface area contributed by atoms with E-state index in [4.69, 9.17) is 5.21 Å². The Hall–Kier alpha value is -1.05. The second kappa shape index (κ2) is 5.63. The van der Waals surface area contributed by atoms with Gasteiger partial charge in [-0.25, -0.2) is 0 Å². The van der Waals surface area contributed by atoms with E-state index >= 15 is 0 Å². The highest BCUT2D eigenvalue weighted by Gasteiger charge is 2.17. The molecule has 0 unspecified atom stereocenters. The molecule has 1 N–H and O–H groups in total. The Morgan fingerprint density at radius 1 is 1.43 bits per heavy atom. The van der Waals surface area contributed by atoms with Gasteiger partial charge in [0.05, 0.1) is 5.71 Å². The first-order valence-corrected chi connectivity index (χ1v) is 4.88. The molecule has 2 heteroatoms. The van der Waals surface area contributed by atoms with E-state index in [0.717, 1.165) is 18.6 Å². The lowest BCUT2D eigenvalue weighted by atomic mass is 9.83. The predicted molar refractivity (Wildman–Crippen MR) is 61.9 cm³/mol. The lowest BCUT2D eigenvalue weighted by molar-refractivity contribution is 0.309. The topological polar surface area (TPSA) is 32.6 Å². The highest BCUT2D eigenvalue weighted by Crippen LogP contribution is 2.26. The Morgan fingerprint density at radius 2 is 2.00 bits per heavy atom. The molecule has 0 saturated heterocycles. The Labute approximate surface area is 87.0 Å². The molecule has 0 aromatic carbocycles. The van der Waals surface area contributed by atoms with E-state index in [9.17, 15) is 0 Å². The van der Waals surface area contributed by atoms with Crippen LogP contribution in [0.2, 0.25) is 0 Å². The summed E-state index contributed by atoms with van der Waals surface area (Å²) in [6.45, 7) is 11.9. The minimum absolute atomic E-state index is 0.139. The first-order chi connectivity index (χ1) is 6.41. The van der Waals surface area contributed by atoms with E-state index in [1.54, 1.807) is 0 Å². The van der Waals surface area contributed by atoms with E-state index < -0.39 is 0 Å². The smallest absolute Gasteiger partial charge is 0.0545 e. The molecule has 0 fully saturated rings. The number of oxime groups is 1. The number of rotatable bonds is 5. The molecule has 80 valence electrons. The van der Waals surface area contributed by atoms with Crippen molar-refractivity contribution in [3.05, 3.63) is 24.3 Å². The molecule has 0 aromatic heterocycles. The standard InChI is InChI=1S/C12H21NO/c1-6-10(2)7-8-12(4,5)9-11(3)13-14/h6-7,14H,1,8-9H2,2-5H3. The summed E-state index contributed by atoms with van der Waals surface area (Å²) >= 11 is 0. The third-order valence-electron chi connectivity index (χ3n) is 2.20. The molecular formula is C12H21NO. The Balaban J connectivity index is 4.27. The minimum Gasteiger partial charge on any atom is -0.411 e. The maximum atomic E-state index is 8.58. The van der Waals surface area contributed by atoms with Gasteiger partial charge < -0.3 is 5.21 Å². The molecule has 0 saturated carbocycles. The van der Waals surface area contributed by atoms with Crippen LogP contribution in [-0.4, -0.2) is 10.9 Å². The number of nitrogens with zero attached hydrogens (tertiary/aromatic N) is 1. The molecule has 14 heavy (non-hydrogen) atoms. The fourth-order valence-corrected chi connectivity index (χ4v) is 1.32. The molecule has 0 rings (SSSR count). The van der Waals surface area contributed by atoms with Gasteiger partial charge in [-0.15, -0.1) is 0 Å². The van der Waals surface area contributed by atoms with E-state index in [1.807, 2.05) is 19.9 Å². The van der Waals surface area contributed by atoms with Crippen LogP contribution in [0.3, 0.4) is 0 Å². The number of hydrogen-bond donors (Lipinski definition) is 1. The van der Waals surface area contributed by atoms with Gasteiger partial charge >= 0.3 is 0 Å². The lowest BCUT2D eigenvalue weighted by Gasteiger charge is -2.22. The summed E-state index contributed by atoms with van der Waals surface area (Å²) in [4.78, 5) is 0. The normalized spacial score (nSPS) is 14.3. The molecule has 2 nitrogen and oxygen atoms in total. The minimum atomic E-state index is 0.139. The maximum Gasteiger partial charge on any atom is 0.0545 e. The molecule has 0 aliphatic rings. The second-order valence-electron chi connectivity index (χ2n) is 4.53. The molecule has 0 aromatic rings. The van der Waals surface area contributed by atoms with Gasteiger partial charge in [-0.05, 0) is 32.1 Å². The van der Waals surface area contributed by atoms with Crippen LogP contribution in [0.4, 0.5) is 0 Å². The molecule has 0 amide bonds. The van der Waals surface area contributed by atoms with E-state index in [2.05, 4.69) is 31.7 Å². The Morgan fingerprint density at radius 3 is 2.43 bits per heavy atom. The van der Waals surface area contributed by atoms with Crippen molar-refractivity contribution in [1.82, 2.24) is 0 Å². The van der Waals surface area contributed by atoms with Gasteiger partial charge in [-0.2, -0.15) is 0 Å². The summed E-state index contributed by atoms with van der Waals surface area (Å²) in [5.74, 6) is 0. The summed E-state index contributed by atoms with van der Waals surface area (Å²) in [6, 6.07) is 0. The van der Waals surface area contributed by atoms with Crippen molar-refractivity contribution in [2.45, 2.75) is 40.5 Å². The largest absolute Gasteiger partial charge is 0.411 e. The van der Waals surface area contributed by atoms with Gasteiger partial charge in [-0.3, -0.25) is 0 Å². The second-order valence-corrected chi connectivity index (χ2v) is 4.53. The van der Waals surface area contributed by atoms with Crippen LogP contribution in [0.25, 0.3) is 0 Å². The molecule has 0 radical (unpaired) electrons. The van der Waals surface area contributed by atoms with Crippen molar-refractivity contribution >= 4 is 5.71 Å². The highest BCUT2D eigenvalue weighted by molar-refractivity contribution is 5.81. The fraction of sp³-hybridized carbons (Fsp3) is 0.583. The predicted octanol–water partition coefficient (Wildman–Crippen LogP) is 3.78. The van der Waals surface area contributed by atoms with Crippen molar-refractivity contribution in [3.63, 3.8) is 0 Å². The third kappa shape index (κ3) is 5.57. The van der Waals surface area contributed by atoms with Crippen LogP contribution >= 0.6 is 0 Å². The molecule has 0 atom stereocenters. The van der Waals surface area contributed by atoms with Gasteiger partial charge in [0.2, 0.25) is 0 Å². The zero-order valence-corrected chi connectivity index (χ0v) is 9.67. The van der Waals surface area contributed by atoms with Gasteiger partial charge in [0.15, 0.2) is 0 Å². The highest BCUT2D eigenvalue weighted by atomic mass is 16.4. The van der Waals surface area contributed by atoms with Crippen LogP contribution in [0.1, 0.15) is 40.5 Å². The van der Waals surface area contributed by atoms with Crippen LogP contribution in [-0.2, 0) is 0 Å². The summed E-state index contributed by atoms with van der Waals surface area (Å²) < 4.78 is 0. The van der Waals surface area contributed by atoms with Gasteiger partial charge in [-0.1, -0.05) is 43.3 Å². The number of hydrogen-bond acceptors (Lipinski definition) is 2. The van der Waals surface area contributed by atoms with Crippen molar-refractivity contribution in [3.8, 4) is 0 Å². The quantitative estimate of drug-likeness (QED) is 0.308. The van der Waals surface area contributed by atoms with Crippen molar-refractivity contribution in [2.75, 3.05) is 0 Å². The first-order valence-electron chi connectivity index (χ1n) is 4.88. The molecule has 0 heterocycles. The molecule has 0 bridgehead atoms. The molecular weight excluding hydrogens is 174 g/mol. The summed E-state index contributed by atoms with van der Waals surface area (Å²) in [5.41, 5.74) is 2.11. The lowest BCUT2D eigenvalue weighted by Crippen LogP contribution is -2.14. The van der Waals surface area contributed by atoms with Crippen LogP contribution in [0, 0.1) is 5.41 Å².